The highest BCUT2D eigenvalue weighted by Gasteiger charge is 2.16. The molecule has 1 unspecified atom stereocenters. The van der Waals surface area contributed by atoms with Gasteiger partial charge in [0, 0.05) is 12.7 Å². The SMILES string of the molecule is CCOc1nc(OCC2CCCO2)ccc1N. The summed E-state index contributed by atoms with van der Waals surface area (Å²) < 4.78 is 16.3. The van der Waals surface area contributed by atoms with Crippen LogP contribution in [0.25, 0.3) is 0 Å². The van der Waals surface area contributed by atoms with Crippen LogP contribution in [0.4, 0.5) is 5.69 Å². The fourth-order valence-corrected chi connectivity index (χ4v) is 1.72. The van der Waals surface area contributed by atoms with Crippen LogP contribution in [-0.2, 0) is 4.74 Å². The highest BCUT2D eigenvalue weighted by atomic mass is 16.5. The molecule has 2 rings (SSSR count). The minimum atomic E-state index is 0.185. The largest absolute Gasteiger partial charge is 0.476 e. The Morgan fingerprint density at radius 3 is 3.06 bits per heavy atom. The number of nitrogens with zero attached hydrogens (tertiary/aromatic N) is 1. The number of hydrogen-bond acceptors (Lipinski definition) is 5. The normalized spacial score (nSPS) is 19.2. The average Bonchev–Trinajstić information content (AvgIpc) is 2.83. The van der Waals surface area contributed by atoms with Gasteiger partial charge < -0.3 is 19.9 Å². The first kappa shape index (κ1) is 12.0. The Morgan fingerprint density at radius 1 is 1.47 bits per heavy atom. The van der Waals surface area contributed by atoms with Crippen LogP contribution >= 0.6 is 0 Å². The van der Waals surface area contributed by atoms with Crippen LogP contribution in [-0.4, -0.2) is 30.9 Å². The van der Waals surface area contributed by atoms with Crippen LogP contribution in [0.5, 0.6) is 11.8 Å². The molecular weight excluding hydrogens is 220 g/mol. The maximum Gasteiger partial charge on any atom is 0.240 e. The third kappa shape index (κ3) is 3.23. The van der Waals surface area contributed by atoms with Gasteiger partial charge in [0.05, 0.1) is 18.4 Å². The van der Waals surface area contributed by atoms with Gasteiger partial charge in [-0.15, -0.1) is 0 Å². The molecule has 1 atom stereocenters. The van der Waals surface area contributed by atoms with Crippen LogP contribution < -0.4 is 15.2 Å². The van der Waals surface area contributed by atoms with E-state index in [0.717, 1.165) is 19.4 Å². The molecule has 0 bridgehead atoms. The molecule has 94 valence electrons. The Balaban J connectivity index is 1.93. The maximum absolute atomic E-state index is 5.73. The highest BCUT2D eigenvalue weighted by molar-refractivity contribution is 5.49. The van der Waals surface area contributed by atoms with Crippen molar-refractivity contribution in [2.24, 2.45) is 0 Å². The Hall–Kier alpha value is -1.49. The third-order valence-electron chi connectivity index (χ3n) is 2.59. The molecule has 1 aliphatic rings. The van der Waals surface area contributed by atoms with Crippen molar-refractivity contribution >= 4 is 5.69 Å². The van der Waals surface area contributed by atoms with Crippen molar-refractivity contribution in [2.45, 2.75) is 25.9 Å². The molecule has 0 amide bonds. The van der Waals surface area contributed by atoms with Gasteiger partial charge in [-0.3, -0.25) is 0 Å². The Labute approximate surface area is 101 Å². The van der Waals surface area contributed by atoms with Gasteiger partial charge in [0.2, 0.25) is 11.8 Å². The second-order valence-electron chi connectivity index (χ2n) is 3.92. The second-order valence-corrected chi connectivity index (χ2v) is 3.92. The Kier molecular flexibility index (Phi) is 4.03. The van der Waals surface area contributed by atoms with E-state index in [-0.39, 0.29) is 6.10 Å². The van der Waals surface area contributed by atoms with E-state index < -0.39 is 0 Å². The van der Waals surface area contributed by atoms with E-state index in [1.807, 2.05) is 6.92 Å². The van der Waals surface area contributed by atoms with Crippen molar-refractivity contribution in [3.63, 3.8) is 0 Å². The van der Waals surface area contributed by atoms with Gasteiger partial charge in [0.15, 0.2) is 0 Å². The molecule has 1 aromatic heterocycles. The van der Waals surface area contributed by atoms with Crippen molar-refractivity contribution in [1.82, 2.24) is 4.98 Å². The molecule has 1 saturated heterocycles. The van der Waals surface area contributed by atoms with E-state index >= 15 is 0 Å². The topological polar surface area (TPSA) is 66.6 Å². The lowest BCUT2D eigenvalue weighted by Gasteiger charge is -2.12. The number of rotatable bonds is 5. The number of nitrogen functional groups attached to an aromatic ring is 1. The summed E-state index contributed by atoms with van der Waals surface area (Å²) in [6.07, 6.45) is 2.34. The zero-order valence-corrected chi connectivity index (χ0v) is 10.0. The average molecular weight is 238 g/mol. The quantitative estimate of drug-likeness (QED) is 0.844. The zero-order chi connectivity index (χ0) is 12.1. The molecule has 1 aliphatic heterocycles. The van der Waals surface area contributed by atoms with Crippen LogP contribution in [0.1, 0.15) is 19.8 Å². The van der Waals surface area contributed by atoms with Crippen LogP contribution in [0.2, 0.25) is 0 Å². The van der Waals surface area contributed by atoms with Gasteiger partial charge >= 0.3 is 0 Å². The van der Waals surface area contributed by atoms with E-state index in [1.54, 1.807) is 12.1 Å². The van der Waals surface area contributed by atoms with Crippen molar-refractivity contribution < 1.29 is 14.2 Å². The van der Waals surface area contributed by atoms with Crippen molar-refractivity contribution in [3.8, 4) is 11.8 Å². The summed E-state index contributed by atoms with van der Waals surface area (Å²) in [5.41, 5.74) is 6.25. The van der Waals surface area contributed by atoms with Gasteiger partial charge in [0.25, 0.3) is 0 Å². The summed E-state index contributed by atoms with van der Waals surface area (Å²) in [6, 6.07) is 3.48. The summed E-state index contributed by atoms with van der Waals surface area (Å²) in [7, 11) is 0. The first-order valence-corrected chi connectivity index (χ1v) is 5.93. The molecule has 1 aromatic rings. The van der Waals surface area contributed by atoms with E-state index in [4.69, 9.17) is 19.9 Å². The fourth-order valence-electron chi connectivity index (χ4n) is 1.72. The molecular formula is C12H18N2O3. The smallest absolute Gasteiger partial charge is 0.240 e. The van der Waals surface area contributed by atoms with Crippen molar-refractivity contribution in [2.75, 3.05) is 25.6 Å². The maximum atomic E-state index is 5.73. The minimum Gasteiger partial charge on any atom is -0.476 e. The molecule has 2 heterocycles. The van der Waals surface area contributed by atoms with E-state index in [1.165, 1.54) is 0 Å². The fraction of sp³-hybridized carbons (Fsp3) is 0.583. The standard InChI is InChI=1S/C12H18N2O3/c1-2-15-12-10(13)5-6-11(14-12)17-8-9-4-3-7-16-9/h5-6,9H,2-4,7-8,13H2,1H3. The number of hydrogen-bond donors (Lipinski definition) is 1. The Bertz CT molecular complexity index is 365. The van der Waals surface area contributed by atoms with E-state index in [0.29, 0.717) is 30.7 Å². The van der Waals surface area contributed by atoms with Crippen molar-refractivity contribution in [3.05, 3.63) is 12.1 Å². The van der Waals surface area contributed by atoms with Gasteiger partial charge in [-0.25, -0.2) is 0 Å². The monoisotopic (exact) mass is 238 g/mol. The van der Waals surface area contributed by atoms with Crippen LogP contribution in [0.15, 0.2) is 12.1 Å². The predicted molar refractivity (Wildman–Crippen MR) is 64.3 cm³/mol. The molecule has 5 heteroatoms. The van der Waals surface area contributed by atoms with Gasteiger partial charge in [-0.05, 0) is 25.8 Å². The van der Waals surface area contributed by atoms with Gasteiger partial charge in [-0.2, -0.15) is 4.98 Å². The Morgan fingerprint density at radius 2 is 2.35 bits per heavy atom. The molecule has 0 aromatic carbocycles. The second kappa shape index (κ2) is 5.72. The summed E-state index contributed by atoms with van der Waals surface area (Å²) >= 11 is 0. The molecule has 0 spiro atoms. The van der Waals surface area contributed by atoms with Crippen LogP contribution in [0.3, 0.4) is 0 Å². The zero-order valence-electron chi connectivity index (χ0n) is 10.0. The highest BCUT2D eigenvalue weighted by Crippen LogP contribution is 2.22. The van der Waals surface area contributed by atoms with Gasteiger partial charge in [-0.1, -0.05) is 0 Å². The van der Waals surface area contributed by atoms with Crippen molar-refractivity contribution in [1.29, 1.82) is 0 Å². The molecule has 5 nitrogen and oxygen atoms in total. The predicted octanol–water partition coefficient (Wildman–Crippen LogP) is 1.62. The first-order valence-electron chi connectivity index (χ1n) is 5.93. The molecule has 0 saturated carbocycles. The lowest BCUT2D eigenvalue weighted by molar-refractivity contribution is 0.0661. The number of ether oxygens (including phenoxy) is 3. The van der Waals surface area contributed by atoms with E-state index in [2.05, 4.69) is 4.98 Å². The summed E-state index contributed by atoms with van der Waals surface area (Å²) in [4.78, 5) is 4.20. The molecule has 17 heavy (non-hydrogen) atoms. The molecule has 0 aliphatic carbocycles. The van der Waals surface area contributed by atoms with Crippen LogP contribution in [0, 0.1) is 0 Å². The molecule has 1 fully saturated rings. The molecule has 0 radical (unpaired) electrons. The summed E-state index contributed by atoms with van der Waals surface area (Å²) in [6.45, 7) is 3.78. The molecule has 2 N–H and O–H groups in total. The summed E-state index contributed by atoms with van der Waals surface area (Å²) in [5, 5.41) is 0. The van der Waals surface area contributed by atoms with E-state index in [9.17, 15) is 0 Å². The lowest BCUT2D eigenvalue weighted by atomic mass is 10.2. The van der Waals surface area contributed by atoms with Gasteiger partial charge in [0.1, 0.15) is 6.61 Å². The summed E-state index contributed by atoms with van der Waals surface area (Å²) in [5.74, 6) is 0.954. The number of pyridine rings is 1. The third-order valence-corrected chi connectivity index (χ3v) is 2.59. The lowest BCUT2D eigenvalue weighted by Crippen LogP contribution is -2.16. The first-order chi connectivity index (χ1) is 8.29. The minimum absolute atomic E-state index is 0.185. The number of aromatic nitrogens is 1. The number of nitrogens with two attached hydrogens (primary N) is 1. The number of anilines is 1.